The molecule has 3 heterocycles. The number of aromatic nitrogens is 2. The predicted molar refractivity (Wildman–Crippen MR) is 111 cm³/mol. The smallest absolute Gasteiger partial charge is 0.141 e. The lowest BCUT2D eigenvalue weighted by Gasteiger charge is -2.19. The van der Waals surface area contributed by atoms with Crippen LogP contribution in [0, 0.1) is 6.92 Å². The molecule has 6 heteroatoms. The number of likely N-dealkylation sites (tertiary alicyclic amines) is 1. The van der Waals surface area contributed by atoms with Crippen molar-refractivity contribution >= 4 is 0 Å². The number of aliphatic hydroxyl groups is 1. The highest BCUT2D eigenvalue weighted by Gasteiger charge is 2.26. The first-order valence-electron chi connectivity index (χ1n) is 9.80. The number of nitrogens with zero attached hydrogens (tertiary/aromatic N) is 3. The molecule has 1 unspecified atom stereocenters. The Bertz CT molecular complexity index is 1020. The van der Waals surface area contributed by atoms with E-state index in [2.05, 4.69) is 20.9 Å². The number of pyridine rings is 2. The molecule has 1 aromatic carbocycles. The monoisotopic (exact) mass is 391 g/mol. The first-order valence-corrected chi connectivity index (χ1v) is 9.80. The molecule has 29 heavy (non-hydrogen) atoms. The summed E-state index contributed by atoms with van der Waals surface area (Å²) in [5.74, 6) is 0.778. The summed E-state index contributed by atoms with van der Waals surface area (Å²) in [4.78, 5) is 10.9. The average Bonchev–Trinajstić information content (AvgIpc) is 3.20. The zero-order valence-corrected chi connectivity index (χ0v) is 16.4. The summed E-state index contributed by atoms with van der Waals surface area (Å²) in [6, 6.07) is 11.3. The number of aromatic hydroxyl groups is 2. The largest absolute Gasteiger partial charge is 0.508 e. The minimum atomic E-state index is -0.134. The average molecular weight is 391 g/mol. The Balaban J connectivity index is 1.51. The lowest BCUT2D eigenvalue weighted by molar-refractivity contribution is 0.271. The summed E-state index contributed by atoms with van der Waals surface area (Å²) in [5, 5.41) is 29.7. The van der Waals surface area contributed by atoms with Crippen LogP contribution in [0.4, 0.5) is 0 Å². The molecular weight excluding hydrogens is 366 g/mol. The van der Waals surface area contributed by atoms with Gasteiger partial charge in [-0.1, -0.05) is 12.1 Å². The van der Waals surface area contributed by atoms with Crippen LogP contribution in [-0.4, -0.2) is 43.3 Å². The fourth-order valence-corrected chi connectivity index (χ4v) is 3.99. The van der Waals surface area contributed by atoms with Gasteiger partial charge in [0, 0.05) is 42.2 Å². The lowest BCUT2D eigenvalue weighted by Crippen LogP contribution is -2.21. The Morgan fingerprint density at radius 2 is 2.00 bits per heavy atom. The van der Waals surface area contributed by atoms with Gasteiger partial charge in [-0.15, -0.1) is 0 Å². The van der Waals surface area contributed by atoms with Crippen LogP contribution in [0.5, 0.6) is 11.5 Å². The van der Waals surface area contributed by atoms with Crippen molar-refractivity contribution in [3.8, 4) is 22.8 Å². The van der Waals surface area contributed by atoms with Crippen LogP contribution in [0.15, 0.2) is 48.8 Å². The van der Waals surface area contributed by atoms with Crippen LogP contribution in [0.25, 0.3) is 11.3 Å². The second kappa shape index (κ2) is 8.19. The van der Waals surface area contributed by atoms with E-state index in [0.717, 1.165) is 36.3 Å². The fraction of sp³-hybridized carbons (Fsp3) is 0.304. The Kier molecular flexibility index (Phi) is 5.47. The molecule has 1 aliphatic rings. The molecule has 0 radical (unpaired) electrons. The maximum absolute atomic E-state index is 10.4. The highest BCUT2D eigenvalue weighted by Crippen LogP contribution is 2.33. The zero-order valence-electron chi connectivity index (χ0n) is 16.4. The molecule has 1 aliphatic heterocycles. The van der Waals surface area contributed by atoms with Crippen molar-refractivity contribution in [3.63, 3.8) is 0 Å². The lowest BCUT2D eigenvalue weighted by atomic mass is 9.97. The number of rotatable bonds is 5. The minimum absolute atomic E-state index is 0.134. The molecule has 4 rings (SSSR count). The molecule has 150 valence electrons. The molecule has 3 N–H and O–H groups in total. The van der Waals surface area contributed by atoms with Gasteiger partial charge in [0.1, 0.15) is 11.5 Å². The number of hydrogen-bond acceptors (Lipinski definition) is 6. The Morgan fingerprint density at radius 3 is 2.79 bits per heavy atom. The number of hydrogen-bond donors (Lipinski definition) is 3. The van der Waals surface area contributed by atoms with Gasteiger partial charge >= 0.3 is 0 Å². The van der Waals surface area contributed by atoms with Gasteiger partial charge in [-0.05, 0) is 55.6 Å². The normalized spacial score (nSPS) is 17.0. The quantitative estimate of drug-likeness (QED) is 0.618. The van der Waals surface area contributed by atoms with Gasteiger partial charge in [0.05, 0.1) is 18.0 Å². The summed E-state index contributed by atoms with van der Waals surface area (Å²) in [6.45, 7) is 4.01. The molecule has 6 nitrogen and oxygen atoms in total. The summed E-state index contributed by atoms with van der Waals surface area (Å²) < 4.78 is 0. The van der Waals surface area contributed by atoms with Gasteiger partial charge in [-0.3, -0.25) is 14.9 Å². The number of phenols is 1. The van der Waals surface area contributed by atoms with Crippen molar-refractivity contribution < 1.29 is 15.3 Å². The molecule has 1 fully saturated rings. The number of aliphatic hydroxyl groups excluding tert-OH is 1. The predicted octanol–water partition coefficient (Wildman–Crippen LogP) is 3.35. The summed E-state index contributed by atoms with van der Waals surface area (Å²) in [6.07, 6.45) is 4.48. The van der Waals surface area contributed by atoms with E-state index in [-0.39, 0.29) is 18.1 Å². The van der Waals surface area contributed by atoms with Crippen molar-refractivity contribution in [1.29, 1.82) is 0 Å². The van der Waals surface area contributed by atoms with Crippen molar-refractivity contribution in [2.75, 3.05) is 13.1 Å². The molecule has 1 atom stereocenters. The van der Waals surface area contributed by atoms with Gasteiger partial charge in [-0.25, -0.2) is 0 Å². The van der Waals surface area contributed by atoms with Gasteiger partial charge < -0.3 is 15.3 Å². The van der Waals surface area contributed by atoms with Gasteiger partial charge in [0.25, 0.3) is 0 Å². The van der Waals surface area contributed by atoms with E-state index in [1.54, 1.807) is 25.3 Å². The maximum atomic E-state index is 10.4. The third kappa shape index (κ3) is 4.09. The van der Waals surface area contributed by atoms with Crippen molar-refractivity contribution in [3.05, 3.63) is 71.2 Å². The molecule has 0 saturated carbocycles. The first kappa shape index (κ1) is 19.4. The molecular formula is C23H25N3O3. The van der Waals surface area contributed by atoms with E-state index in [0.29, 0.717) is 23.7 Å². The van der Waals surface area contributed by atoms with Crippen LogP contribution < -0.4 is 0 Å². The molecule has 0 aliphatic carbocycles. The summed E-state index contributed by atoms with van der Waals surface area (Å²) in [7, 11) is 0. The number of phenolic OH excluding ortho intramolecular Hbond substituents is 1. The topological polar surface area (TPSA) is 89.7 Å². The van der Waals surface area contributed by atoms with Crippen molar-refractivity contribution in [1.82, 2.24) is 14.9 Å². The zero-order chi connectivity index (χ0) is 20.4. The fourth-order valence-electron chi connectivity index (χ4n) is 3.99. The summed E-state index contributed by atoms with van der Waals surface area (Å²) in [5.41, 5.74) is 4.98. The highest BCUT2D eigenvalue weighted by atomic mass is 16.3. The Hall–Kier alpha value is -2.96. The van der Waals surface area contributed by atoms with Gasteiger partial charge in [-0.2, -0.15) is 0 Å². The Labute approximate surface area is 170 Å². The SMILES string of the molecule is Cc1ncc(CO)c(CN2CCC(c3ccnc(-c4cccc(O)c4)c3)C2)c1O. The van der Waals surface area contributed by atoms with Crippen LogP contribution in [0.2, 0.25) is 0 Å². The van der Waals surface area contributed by atoms with E-state index >= 15 is 0 Å². The summed E-state index contributed by atoms with van der Waals surface area (Å²) >= 11 is 0. The third-order valence-corrected chi connectivity index (χ3v) is 5.65. The maximum Gasteiger partial charge on any atom is 0.141 e. The van der Waals surface area contributed by atoms with Crippen LogP contribution in [0.3, 0.4) is 0 Å². The number of benzene rings is 1. The van der Waals surface area contributed by atoms with Gasteiger partial charge in [0.15, 0.2) is 0 Å². The van der Waals surface area contributed by atoms with E-state index in [1.165, 1.54) is 5.56 Å². The molecule has 0 bridgehead atoms. The molecule has 0 amide bonds. The van der Waals surface area contributed by atoms with Crippen molar-refractivity contribution in [2.45, 2.75) is 32.4 Å². The van der Waals surface area contributed by atoms with Crippen LogP contribution in [0.1, 0.15) is 34.7 Å². The number of aryl methyl sites for hydroxylation is 1. The Morgan fingerprint density at radius 1 is 1.14 bits per heavy atom. The minimum Gasteiger partial charge on any atom is -0.508 e. The molecule has 1 saturated heterocycles. The standard InChI is InChI=1S/C23H25N3O3/c1-15-23(29)21(19(14-27)11-25-15)13-26-8-6-18(12-26)16-5-7-24-22(10-16)17-3-2-4-20(28)9-17/h2-5,7,9-11,18,27-29H,6,8,12-14H2,1H3. The van der Waals surface area contributed by atoms with Gasteiger partial charge in [0.2, 0.25) is 0 Å². The molecule has 0 spiro atoms. The second-order valence-electron chi connectivity index (χ2n) is 7.60. The van der Waals surface area contributed by atoms with E-state index in [9.17, 15) is 15.3 Å². The van der Waals surface area contributed by atoms with E-state index in [4.69, 9.17) is 0 Å². The van der Waals surface area contributed by atoms with Crippen LogP contribution in [-0.2, 0) is 13.2 Å². The molecule has 3 aromatic rings. The third-order valence-electron chi connectivity index (χ3n) is 5.65. The van der Waals surface area contributed by atoms with Crippen molar-refractivity contribution in [2.24, 2.45) is 0 Å². The van der Waals surface area contributed by atoms with Crippen LogP contribution >= 0.6 is 0 Å². The van der Waals surface area contributed by atoms with E-state index in [1.807, 2.05) is 24.4 Å². The molecule has 2 aromatic heterocycles. The van der Waals surface area contributed by atoms with E-state index < -0.39 is 0 Å². The first-order chi connectivity index (χ1) is 14.0. The highest BCUT2D eigenvalue weighted by molar-refractivity contribution is 5.61. The second-order valence-corrected chi connectivity index (χ2v) is 7.60.